The fourth-order valence-electron chi connectivity index (χ4n) is 7.23. The number of alkyl carbamates (subject to hydrolysis) is 1. The van der Waals surface area contributed by atoms with E-state index in [1.54, 1.807) is 12.1 Å². The SMILES string of the molecule is CNC1(c2ccc(S(=O)(=O)N(CC(C)C)C[C@@H](O)[C@H](Cc3ccccc3)NC(=O)OC3C4COC5OCC3C5C4)cc2)CC1. The molecule has 0 radical (unpaired) electrons. The van der Waals surface area contributed by atoms with Crippen molar-refractivity contribution in [1.29, 1.82) is 0 Å². The molecular weight excluding hydrogens is 582 g/mol. The third-order valence-corrected chi connectivity index (χ3v) is 11.7. The molecule has 4 fully saturated rings. The van der Waals surface area contributed by atoms with E-state index in [0.29, 0.717) is 19.6 Å². The lowest BCUT2D eigenvalue weighted by Crippen LogP contribution is -2.52. The molecule has 2 bridgehead atoms. The number of ether oxygens (including phenoxy) is 3. The first-order valence-electron chi connectivity index (χ1n) is 15.8. The van der Waals surface area contributed by atoms with Gasteiger partial charge in [0.2, 0.25) is 10.0 Å². The van der Waals surface area contributed by atoms with Crippen molar-refractivity contribution in [2.24, 2.45) is 23.7 Å². The second kappa shape index (κ2) is 12.7. The normalized spacial score (nSPS) is 28.2. The van der Waals surface area contributed by atoms with E-state index in [9.17, 15) is 18.3 Å². The number of rotatable bonds is 13. The number of nitrogens with one attached hydrogen (secondary N) is 2. The third-order valence-electron chi connectivity index (χ3n) is 9.83. The van der Waals surface area contributed by atoms with E-state index < -0.39 is 28.3 Å². The minimum absolute atomic E-state index is 0.0159. The van der Waals surface area contributed by atoms with Crippen molar-refractivity contribution in [2.45, 2.75) is 74.5 Å². The monoisotopic (exact) mass is 627 g/mol. The van der Waals surface area contributed by atoms with Crippen LogP contribution in [-0.4, -0.2) is 81.8 Å². The number of benzene rings is 2. The van der Waals surface area contributed by atoms with Gasteiger partial charge in [0, 0.05) is 36.4 Å². The number of sulfonamides is 1. The van der Waals surface area contributed by atoms with Gasteiger partial charge in [0.25, 0.3) is 0 Å². The highest BCUT2D eigenvalue weighted by Crippen LogP contribution is 2.49. The Morgan fingerprint density at radius 2 is 1.75 bits per heavy atom. The molecule has 44 heavy (non-hydrogen) atoms. The van der Waals surface area contributed by atoms with Gasteiger partial charge in [0.1, 0.15) is 6.10 Å². The van der Waals surface area contributed by atoms with E-state index in [2.05, 4.69) is 10.6 Å². The van der Waals surface area contributed by atoms with Gasteiger partial charge >= 0.3 is 6.09 Å². The Hall–Kier alpha value is -2.54. The van der Waals surface area contributed by atoms with E-state index in [0.717, 1.165) is 30.4 Å². The maximum Gasteiger partial charge on any atom is 0.407 e. The van der Waals surface area contributed by atoms with Gasteiger partial charge in [-0.3, -0.25) is 0 Å². The summed E-state index contributed by atoms with van der Waals surface area (Å²) in [6.45, 7) is 4.91. The lowest BCUT2D eigenvalue weighted by atomic mass is 9.98. The summed E-state index contributed by atoms with van der Waals surface area (Å²) < 4.78 is 46.7. The van der Waals surface area contributed by atoms with Crippen LogP contribution in [0.25, 0.3) is 0 Å². The minimum Gasteiger partial charge on any atom is -0.445 e. The Morgan fingerprint density at radius 3 is 2.41 bits per heavy atom. The zero-order valence-electron chi connectivity index (χ0n) is 25.7. The lowest BCUT2D eigenvalue weighted by molar-refractivity contribution is -0.169. The van der Waals surface area contributed by atoms with E-state index in [1.807, 2.05) is 63.4 Å². The third kappa shape index (κ3) is 6.41. The lowest BCUT2D eigenvalue weighted by Gasteiger charge is -2.31. The molecule has 2 heterocycles. The highest BCUT2D eigenvalue weighted by Gasteiger charge is 2.56. The zero-order chi connectivity index (χ0) is 31.1. The highest BCUT2D eigenvalue weighted by atomic mass is 32.2. The van der Waals surface area contributed by atoms with Crippen molar-refractivity contribution < 1.29 is 32.5 Å². The van der Waals surface area contributed by atoms with Crippen LogP contribution in [0.15, 0.2) is 59.5 Å². The summed E-state index contributed by atoms with van der Waals surface area (Å²) in [7, 11) is -2.01. The van der Waals surface area contributed by atoms with E-state index >= 15 is 0 Å². The van der Waals surface area contributed by atoms with Gasteiger partial charge in [-0.25, -0.2) is 13.2 Å². The molecule has 0 aromatic heterocycles. The van der Waals surface area contributed by atoms with Crippen molar-refractivity contribution in [1.82, 2.24) is 14.9 Å². The van der Waals surface area contributed by atoms with Crippen LogP contribution in [0.4, 0.5) is 4.79 Å². The molecule has 11 heteroatoms. The number of hydrogen-bond donors (Lipinski definition) is 3. The molecule has 2 saturated carbocycles. The van der Waals surface area contributed by atoms with E-state index in [1.165, 1.54) is 4.31 Å². The van der Waals surface area contributed by atoms with Crippen molar-refractivity contribution >= 4 is 16.1 Å². The van der Waals surface area contributed by atoms with Crippen LogP contribution < -0.4 is 10.6 Å². The van der Waals surface area contributed by atoms with E-state index in [4.69, 9.17) is 14.2 Å². The fraction of sp³-hybridized carbons (Fsp3) is 0.606. The number of amides is 1. The largest absolute Gasteiger partial charge is 0.445 e. The standard InChI is InChI=1S/C33H45N3O7S/c1-21(2)17-36(44(39,40)25-11-9-24(10-12-25)33(34-3)13-14-33)18-29(37)28(15-22-7-5-4-6-8-22)35-32(38)43-30-23-16-26-27(30)20-42-31(26)41-19-23/h4-12,21,23,26-31,34,37H,13-20H2,1-3H3,(H,35,38)/t23?,26?,27?,28-,29+,30?,31?/m0/s1. The van der Waals surface area contributed by atoms with Crippen LogP contribution in [0.1, 0.15) is 44.2 Å². The van der Waals surface area contributed by atoms with Gasteiger partial charge in [-0.15, -0.1) is 0 Å². The summed E-state index contributed by atoms with van der Waals surface area (Å²) in [5, 5.41) is 17.8. The first-order chi connectivity index (χ1) is 21.1. The molecule has 0 spiro atoms. The molecular formula is C33H45N3O7S. The Balaban J connectivity index is 1.18. The number of carbonyl (C=O) groups excluding carboxylic acids is 1. The Kier molecular flexibility index (Phi) is 9.07. The van der Waals surface area contributed by atoms with E-state index in [-0.39, 0.29) is 59.6 Å². The average Bonchev–Trinajstić information content (AvgIpc) is 3.63. The average molecular weight is 628 g/mol. The molecule has 240 valence electrons. The Bertz CT molecular complexity index is 1400. The quantitative estimate of drug-likeness (QED) is 0.309. The number of carbonyl (C=O) groups is 1. The molecule has 10 nitrogen and oxygen atoms in total. The smallest absolute Gasteiger partial charge is 0.407 e. The Labute approximate surface area is 260 Å². The molecule has 5 unspecified atom stereocenters. The summed E-state index contributed by atoms with van der Waals surface area (Å²) in [4.78, 5) is 13.5. The van der Waals surface area contributed by atoms with Crippen molar-refractivity contribution in [3.63, 3.8) is 0 Å². The molecule has 2 aromatic carbocycles. The second-order valence-electron chi connectivity index (χ2n) is 13.3. The van der Waals surface area contributed by atoms with Crippen LogP contribution in [-0.2, 0) is 36.2 Å². The van der Waals surface area contributed by atoms with Crippen LogP contribution in [0.5, 0.6) is 0 Å². The maximum atomic E-state index is 13.9. The number of hydrogen-bond acceptors (Lipinski definition) is 8. The van der Waals surface area contributed by atoms with Gasteiger partial charge < -0.3 is 30.0 Å². The maximum absolute atomic E-state index is 13.9. The first kappa shape index (κ1) is 31.4. The molecule has 2 aliphatic heterocycles. The molecule has 2 aromatic rings. The highest BCUT2D eigenvalue weighted by molar-refractivity contribution is 7.89. The Morgan fingerprint density at radius 1 is 1.05 bits per heavy atom. The van der Waals surface area contributed by atoms with Crippen LogP contribution in [0.2, 0.25) is 0 Å². The zero-order valence-corrected chi connectivity index (χ0v) is 26.5. The van der Waals surface area contributed by atoms with Gasteiger partial charge in [-0.05, 0) is 61.9 Å². The van der Waals surface area contributed by atoms with Crippen molar-refractivity contribution in [2.75, 3.05) is 33.4 Å². The van der Waals surface area contributed by atoms with Gasteiger partial charge in [-0.1, -0.05) is 56.3 Å². The molecule has 3 N–H and O–H groups in total. The number of aliphatic hydroxyl groups excluding tert-OH is 1. The number of aliphatic hydroxyl groups is 1. The van der Waals surface area contributed by atoms with Gasteiger partial charge in [-0.2, -0.15) is 4.31 Å². The van der Waals surface area contributed by atoms with Crippen LogP contribution in [0.3, 0.4) is 0 Å². The number of nitrogens with zero attached hydrogens (tertiary/aromatic N) is 1. The van der Waals surface area contributed by atoms with Crippen molar-refractivity contribution in [3.8, 4) is 0 Å². The summed E-state index contributed by atoms with van der Waals surface area (Å²) in [5.41, 5.74) is 1.90. The van der Waals surface area contributed by atoms with Crippen molar-refractivity contribution in [3.05, 3.63) is 65.7 Å². The predicted molar refractivity (Wildman–Crippen MR) is 164 cm³/mol. The molecule has 2 aliphatic carbocycles. The summed E-state index contributed by atoms with van der Waals surface area (Å²) in [5.74, 6) is 0.461. The minimum atomic E-state index is -3.93. The predicted octanol–water partition coefficient (Wildman–Crippen LogP) is 3.25. The fourth-order valence-corrected chi connectivity index (χ4v) is 8.85. The topological polar surface area (TPSA) is 126 Å². The van der Waals surface area contributed by atoms with Crippen LogP contribution >= 0.6 is 0 Å². The molecule has 2 saturated heterocycles. The van der Waals surface area contributed by atoms with Gasteiger partial charge in [0.15, 0.2) is 6.29 Å². The second-order valence-corrected chi connectivity index (χ2v) is 15.2. The molecule has 7 atom stereocenters. The summed E-state index contributed by atoms with van der Waals surface area (Å²) in [6, 6.07) is 15.8. The van der Waals surface area contributed by atoms with Crippen LogP contribution in [0, 0.1) is 23.7 Å². The van der Waals surface area contributed by atoms with Gasteiger partial charge in [0.05, 0.1) is 30.3 Å². The molecule has 4 aliphatic rings. The summed E-state index contributed by atoms with van der Waals surface area (Å²) in [6.07, 6.45) is 0.890. The number of fused-ring (bicyclic) bond motifs is 1. The molecule has 1 amide bonds. The molecule has 6 rings (SSSR count). The summed E-state index contributed by atoms with van der Waals surface area (Å²) >= 11 is 0. The first-order valence-corrected chi connectivity index (χ1v) is 17.3.